The summed E-state index contributed by atoms with van der Waals surface area (Å²) < 4.78 is 4.96. The first kappa shape index (κ1) is 18.4. The van der Waals surface area contributed by atoms with Crippen LogP contribution in [0.1, 0.15) is 53.9 Å². The highest BCUT2D eigenvalue weighted by atomic mass is 16.5. The number of carbonyl (C=O) groups excluding carboxylic acids is 1. The molecule has 114 valence electrons. The Kier molecular flexibility index (Phi) is 8.26. The number of esters is 1. The number of rotatable bonds is 9. The quantitative estimate of drug-likeness (QED) is 0.655. The van der Waals surface area contributed by atoms with Crippen molar-refractivity contribution >= 4 is 5.97 Å². The number of nitrogens with one attached hydrogen (secondary N) is 1. The van der Waals surface area contributed by atoms with Gasteiger partial charge in [0, 0.05) is 12.1 Å². The number of nitrogens with zero attached hydrogens (tertiary/aromatic N) is 1. The fraction of sp³-hybridized carbons (Fsp3) is 0.933. The van der Waals surface area contributed by atoms with Crippen molar-refractivity contribution in [2.75, 3.05) is 20.7 Å². The third-order valence-electron chi connectivity index (χ3n) is 4.09. The molecule has 0 aromatic heterocycles. The lowest BCUT2D eigenvalue weighted by Gasteiger charge is -2.36. The maximum atomic E-state index is 12.0. The molecule has 1 N–H and O–H groups in total. The molecule has 0 rings (SSSR count). The lowest BCUT2D eigenvalue weighted by atomic mass is 9.92. The van der Waals surface area contributed by atoms with Crippen LogP contribution >= 0.6 is 0 Å². The third-order valence-corrected chi connectivity index (χ3v) is 4.09. The molecule has 0 aliphatic heterocycles. The Morgan fingerprint density at radius 3 is 2.32 bits per heavy atom. The zero-order valence-corrected chi connectivity index (χ0v) is 13.7. The van der Waals surface area contributed by atoms with Crippen LogP contribution in [0.2, 0.25) is 0 Å². The molecule has 0 fully saturated rings. The van der Waals surface area contributed by atoms with Crippen molar-refractivity contribution in [2.45, 2.75) is 71.5 Å². The molecule has 0 aliphatic carbocycles. The van der Waals surface area contributed by atoms with Gasteiger partial charge in [-0.15, -0.1) is 0 Å². The van der Waals surface area contributed by atoms with Crippen molar-refractivity contribution in [3.05, 3.63) is 0 Å². The van der Waals surface area contributed by atoms with Gasteiger partial charge in [0.1, 0.15) is 5.54 Å². The second kappa shape index (κ2) is 8.54. The van der Waals surface area contributed by atoms with Crippen molar-refractivity contribution < 1.29 is 9.53 Å². The lowest BCUT2D eigenvalue weighted by molar-refractivity contribution is -0.148. The fourth-order valence-electron chi connectivity index (χ4n) is 2.31. The van der Waals surface area contributed by atoms with Crippen LogP contribution in [0.3, 0.4) is 0 Å². The SMILES string of the molecule is CCCNC(C)(CC(C)N(C)C(C)CC)C(=O)OC. The molecular formula is C15H32N2O2. The Hall–Kier alpha value is -0.610. The van der Waals surface area contributed by atoms with E-state index < -0.39 is 5.54 Å². The molecule has 0 radical (unpaired) electrons. The summed E-state index contributed by atoms with van der Waals surface area (Å²) >= 11 is 0. The van der Waals surface area contributed by atoms with Crippen LogP contribution in [0.25, 0.3) is 0 Å². The maximum Gasteiger partial charge on any atom is 0.325 e. The molecule has 4 nitrogen and oxygen atoms in total. The summed E-state index contributed by atoms with van der Waals surface area (Å²) in [7, 11) is 3.58. The molecule has 19 heavy (non-hydrogen) atoms. The van der Waals surface area contributed by atoms with Crippen LogP contribution in [0.5, 0.6) is 0 Å². The van der Waals surface area contributed by atoms with Gasteiger partial charge < -0.3 is 15.0 Å². The van der Waals surface area contributed by atoms with E-state index in [4.69, 9.17) is 4.74 Å². The summed E-state index contributed by atoms with van der Waals surface area (Å²) in [5.41, 5.74) is -0.605. The molecule has 0 bridgehead atoms. The van der Waals surface area contributed by atoms with Gasteiger partial charge >= 0.3 is 5.97 Å². The van der Waals surface area contributed by atoms with E-state index in [9.17, 15) is 4.79 Å². The molecule has 0 saturated carbocycles. The Morgan fingerprint density at radius 1 is 1.32 bits per heavy atom. The number of methoxy groups -OCH3 is 1. The van der Waals surface area contributed by atoms with Gasteiger partial charge in [-0.3, -0.25) is 4.79 Å². The summed E-state index contributed by atoms with van der Waals surface area (Å²) in [6.45, 7) is 11.4. The van der Waals surface area contributed by atoms with Crippen molar-refractivity contribution in [1.82, 2.24) is 10.2 Å². The predicted octanol–water partition coefficient (Wildman–Crippen LogP) is 2.43. The predicted molar refractivity (Wildman–Crippen MR) is 80.3 cm³/mol. The molecule has 0 aliphatic rings. The first-order chi connectivity index (χ1) is 8.82. The Bertz CT molecular complexity index is 271. The van der Waals surface area contributed by atoms with E-state index in [1.807, 2.05) is 6.92 Å². The van der Waals surface area contributed by atoms with Crippen molar-refractivity contribution in [3.63, 3.8) is 0 Å². The summed E-state index contributed by atoms with van der Waals surface area (Å²) in [6, 6.07) is 0.839. The van der Waals surface area contributed by atoms with Gasteiger partial charge in [-0.2, -0.15) is 0 Å². The average molecular weight is 272 g/mol. The highest BCUT2D eigenvalue weighted by molar-refractivity contribution is 5.80. The monoisotopic (exact) mass is 272 g/mol. The molecule has 0 heterocycles. The number of hydrogen-bond acceptors (Lipinski definition) is 4. The minimum atomic E-state index is -0.605. The first-order valence-electron chi connectivity index (χ1n) is 7.37. The molecule has 4 heteroatoms. The molecule has 0 spiro atoms. The van der Waals surface area contributed by atoms with Crippen molar-refractivity contribution in [1.29, 1.82) is 0 Å². The van der Waals surface area contributed by atoms with Crippen LogP contribution < -0.4 is 5.32 Å². The van der Waals surface area contributed by atoms with E-state index in [-0.39, 0.29) is 5.97 Å². The van der Waals surface area contributed by atoms with Crippen molar-refractivity contribution in [2.24, 2.45) is 0 Å². The molecule has 0 amide bonds. The zero-order chi connectivity index (χ0) is 15.1. The molecular weight excluding hydrogens is 240 g/mol. The largest absolute Gasteiger partial charge is 0.468 e. The van der Waals surface area contributed by atoms with Crippen molar-refractivity contribution in [3.8, 4) is 0 Å². The number of ether oxygens (including phenoxy) is 1. The van der Waals surface area contributed by atoms with Crippen LogP contribution in [0, 0.1) is 0 Å². The molecule has 0 aromatic rings. The van der Waals surface area contributed by atoms with Gasteiger partial charge in [0.15, 0.2) is 0 Å². The first-order valence-corrected chi connectivity index (χ1v) is 7.37. The van der Waals surface area contributed by atoms with Crippen LogP contribution in [0.4, 0.5) is 0 Å². The van der Waals surface area contributed by atoms with E-state index in [0.717, 1.165) is 25.8 Å². The van der Waals surface area contributed by atoms with E-state index >= 15 is 0 Å². The molecule has 0 saturated heterocycles. The topological polar surface area (TPSA) is 41.6 Å². The minimum absolute atomic E-state index is 0.176. The summed E-state index contributed by atoms with van der Waals surface area (Å²) in [5.74, 6) is -0.176. The number of carbonyl (C=O) groups is 1. The highest BCUT2D eigenvalue weighted by Crippen LogP contribution is 2.19. The minimum Gasteiger partial charge on any atom is -0.468 e. The van der Waals surface area contributed by atoms with Crippen LogP contribution in [0.15, 0.2) is 0 Å². The number of hydrogen-bond donors (Lipinski definition) is 1. The van der Waals surface area contributed by atoms with E-state index in [0.29, 0.717) is 12.1 Å². The van der Waals surface area contributed by atoms with Crippen LogP contribution in [-0.4, -0.2) is 49.2 Å². The Morgan fingerprint density at radius 2 is 1.89 bits per heavy atom. The van der Waals surface area contributed by atoms with Gasteiger partial charge in [-0.1, -0.05) is 13.8 Å². The van der Waals surface area contributed by atoms with Crippen LogP contribution in [-0.2, 0) is 9.53 Å². The Balaban J connectivity index is 4.76. The van der Waals surface area contributed by atoms with E-state index in [1.54, 1.807) is 0 Å². The van der Waals surface area contributed by atoms with E-state index in [2.05, 4.69) is 45.0 Å². The van der Waals surface area contributed by atoms with Gasteiger partial charge in [0.25, 0.3) is 0 Å². The van der Waals surface area contributed by atoms with Gasteiger partial charge in [-0.25, -0.2) is 0 Å². The molecule has 3 atom stereocenters. The standard InChI is InChI=1S/C15H32N2O2/c1-8-10-16-15(5,14(18)19-7)11-13(4)17(6)12(3)9-2/h12-13,16H,8-11H2,1-7H3. The normalized spacial score (nSPS) is 17.9. The zero-order valence-electron chi connectivity index (χ0n) is 13.7. The third kappa shape index (κ3) is 5.49. The molecule has 0 aromatic carbocycles. The lowest BCUT2D eigenvalue weighted by Crippen LogP contribution is -2.54. The maximum absolute atomic E-state index is 12.0. The second-order valence-corrected chi connectivity index (χ2v) is 5.73. The Labute approximate surface area is 118 Å². The highest BCUT2D eigenvalue weighted by Gasteiger charge is 2.36. The average Bonchev–Trinajstić information content (AvgIpc) is 2.42. The van der Waals surface area contributed by atoms with Gasteiger partial charge in [-0.05, 0) is 53.6 Å². The summed E-state index contributed by atoms with van der Waals surface area (Å²) in [6.07, 6.45) is 2.86. The second-order valence-electron chi connectivity index (χ2n) is 5.73. The smallest absolute Gasteiger partial charge is 0.325 e. The summed E-state index contributed by atoms with van der Waals surface area (Å²) in [4.78, 5) is 14.4. The van der Waals surface area contributed by atoms with Gasteiger partial charge in [0.05, 0.1) is 7.11 Å². The molecule has 3 unspecified atom stereocenters. The summed E-state index contributed by atoms with van der Waals surface area (Å²) in [5, 5.41) is 3.34. The van der Waals surface area contributed by atoms with E-state index in [1.165, 1.54) is 7.11 Å². The fourth-order valence-corrected chi connectivity index (χ4v) is 2.31. The van der Waals surface area contributed by atoms with Gasteiger partial charge in [0.2, 0.25) is 0 Å².